The number of hydrogen-bond acceptors (Lipinski definition) is 3. The van der Waals surface area contributed by atoms with Crippen molar-refractivity contribution in [3.8, 4) is 0 Å². The Morgan fingerprint density at radius 3 is 2.21 bits per heavy atom. The van der Waals surface area contributed by atoms with Gasteiger partial charge in [-0.3, -0.25) is 9.59 Å². The van der Waals surface area contributed by atoms with Crippen molar-refractivity contribution in [3.63, 3.8) is 0 Å². The van der Waals surface area contributed by atoms with Crippen LogP contribution in [0, 0.1) is 0 Å². The second-order valence-electron chi connectivity index (χ2n) is 4.12. The quantitative estimate of drug-likeness (QED) is 0.827. The molecule has 0 aliphatic rings. The van der Waals surface area contributed by atoms with Crippen molar-refractivity contribution in [2.75, 3.05) is 0 Å². The van der Waals surface area contributed by atoms with Crippen molar-refractivity contribution in [2.45, 2.75) is 20.3 Å². The van der Waals surface area contributed by atoms with Crippen LogP contribution in [0.25, 0.3) is 10.9 Å². The zero-order valence-corrected chi connectivity index (χ0v) is 10.8. The Morgan fingerprint density at radius 2 is 1.74 bits per heavy atom. The minimum Gasteiger partial charge on any atom is -0.476 e. The number of carbonyl (C=O) groups is 3. The number of aromatic nitrogens is 1. The van der Waals surface area contributed by atoms with E-state index in [0.29, 0.717) is 6.42 Å². The third kappa shape index (κ3) is 4.75. The van der Waals surface area contributed by atoms with Crippen LogP contribution >= 0.6 is 0 Å². The number of nitrogens with one attached hydrogen (secondary N) is 1. The first-order chi connectivity index (χ1) is 8.90. The third-order valence-electron chi connectivity index (χ3n) is 2.33. The molecule has 0 aliphatic carbocycles. The zero-order chi connectivity index (χ0) is 14.4. The highest BCUT2D eigenvalue weighted by Gasteiger charge is 2.01. The lowest BCUT2D eigenvalue weighted by atomic mass is 10.2. The lowest BCUT2D eigenvalue weighted by Gasteiger charge is -1.89. The molecule has 0 saturated heterocycles. The molecule has 2 N–H and O–H groups in total. The maximum atomic E-state index is 10.9. The van der Waals surface area contributed by atoms with Crippen molar-refractivity contribution in [1.29, 1.82) is 0 Å². The van der Waals surface area contributed by atoms with Gasteiger partial charge in [-0.05, 0) is 24.4 Å². The van der Waals surface area contributed by atoms with Crippen LogP contribution in [-0.4, -0.2) is 27.6 Å². The minimum absolute atomic E-state index is 0.187. The number of carbonyl (C=O) groups excluding carboxylic acids is 2. The van der Waals surface area contributed by atoms with Crippen LogP contribution in [0.4, 0.5) is 0 Å². The fourth-order valence-electron chi connectivity index (χ4n) is 1.50. The van der Waals surface area contributed by atoms with E-state index >= 15 is 0 Å². The predicted molar refractivity (Wildman–Crippen MR) is 71.0 cm³/mol. The average Bonchev–Trinajstić information content (AvgIpc) is 2.70. The second-order valence-corrected chi connectivity index (χ2v) is 4.12. The van der Waals surface area contributed by atoms with Crippen LogP contribution in [0.3, 0.4) is 0 Å². The van der Waals surface area contributed by atoms with Gasteiger partial charge in [0.15, 0.2) is 0 Å². The molecule has 19 heavy (non-hydrogen) atoms. The Balaban J connectivity index is 0.000000258. The number of benzene rings is 1. The second kappa shape index (κ2) is 6.49. The Bertz CT molecular complexity index is 568. The minimum atomic E-state index is -1.38. The summed E-state index contributed by atoms with van der Waals surface area (Å²) >= 11 is 0. The molecule has 0 spiro atoms. The van der Waals surface area contributed by atoms with Crippen LogP contribution in [0.1, 0.15) is 19.5 Å². The third-order valence-corrected chi connectivity index (χ3v) is 2.33. The summed E-state index contributed by atoms with van der Waals surface area (Å²) in [7, 11) is 0. The molecule has 0 fully saturated rings. The van der Waals surface area contributed by atoms with Gasteiger partial charge >= 0.3 is 5.97 Å². The van der Waals surface area contributed by atoms with Crippen molar-refractivity contribution < 1.29 is 19.5 Å². The number of ketones is 2. The summed E-state index contributed by atoms with van der Waals surface area (Å²) in [6.07, 6.45) is 0.495. The van der Waals surface area contributed by atoms with Crippen molar-refractivity contribution in [3.05, 3.63) is 36.0 Å². The van der Waals surface area contributed by atoms with Crippen LogP contribution < -0.4 is 0 Å². The molecule has 2 aromatic rings. The molecule has 0 radical (unpaired) electrons. The maximum absolute atomic E-state index is 10.9. The maximum Gasteiger partial charge on any atom is 0.371 e. The normalized spacial score (nSPS) is 9.58. The van der Waals surface area contributed by atoms with Gasteiger partial charge in [-0.15, -0.1) is 0 Å². The lowest BCUT2D eigenvalue weighted by Crippen LogP contribution is -2.05. The first kappa shape index (κ1) is 14.6. The highest BCUT2D eigenvalue weighted by Crippen LogP contribution is 2.14. The average molecular weight is 261 g/mol. The fraction of sp³-hybridized carbons (Fsp3) is 0.214. The molecule has 1 aromatic carbocycles. The van der Waals surface area contributed by atoms with Gasteiger partial charge in [-0.1, -0.05) is 18.2 Å². The van der Waals surface area contributed by atoms with Gasteiger partial charge in [0, 0.05) is 24.6 Å². The number of carboxylic acid groups (broad SMARTS) is 1. The number of para-hydroxylation sites is 1. The number of fused-ring (bicyclic) bond motifs is 1. The van der Waals surface area contributed by atoms with Gasteiger partial charge in [0.2, 0.25) is 5.78 Å². The topological polar surface area (TPSA) is 87.2 Å². The van der Waals surface area contributed by atoms with Gasteiger partial charge in [-0.25, -0.2) is 4.79 Å². The SMILES string of the molecule is CC(=O)C(=O)O.CC(=O)Cc1cc2ccccc2[nH]1. The molecule has 1 aromatic heterocycles. The van der Waals surface area contributed by atoms with Gasteiger partial charge < -0.3 is 10.1 Å². The monoisotopic (exact) mass is 261 g/mol. The van der Waals surface area contributed by atoms with E-state index < -0.39 is 11.8 Å². The van der Waals surface area contributed by atoms with Gasteiger partial charge in [0.05, 0.1) is 0 Å². The van der Waals surface area contributed by atoms with E-state index in [1.807, 2.05) is 30.3 Å². The molecule has 5 nitrogen and oxygen atoms in total. The standard InChI is InChI=1S/C11H11NO.C3H4O3/c1-8(13)6-10-7-9-4-2-3-5-11(9)12-10;1-2(4)3(5)6/h2-5,7,12H,6H2,1H3;1H3,(H,5,6). The molecule has 5 heteroatoms. The summed E-state index contributed by atoms with van der Waals surface area (Å²) in [5.74, 6) is -2.02. The van der Waals surface area contributed by atoms with E-state index in [-0.39, 0.29) is 5.78 Å². The van der Waals surface area contributed by atoms with Crippen LogP contribution in [-0.2, 0) is 20.8 Å². The summed E-state index contributed by atoms with van der Waals surface area (Å²) in [5.41, 5.74) is 2.09. The number of carboxylic acids is 1. The Kier molecular flexibility index (Phi) is 5.00. The highest BCUT2D eigenvalue weighted by atomic mass is 16.4. The molecule has 0 aliphatic heterocycles. The number of rotatable bonds is 3. The molecule has 2 rings (SSSR count). The van der Waals surface area contributed by atoms with Crippen molar-refractivity contribution in [1.82, 2.24) is 4.98 Å². The van der Waals surface area contributed by atoms with Gasteiger partial charge in [0.1, 0.15) is 5.78 Å². The van der Waals surface area contributed by atoms with Gasteiger partial charge in [-0.2, -0.15) is 0 Å². The van der Waals surface area contributed by atoms with E-state index in [2.05, 4.69) is 4.98 Å². The Hall–Kier alpha value is -2.43. The first-order valence-corrected chi connectivity index (χ1v) is 5.70. The van der Waals surface area contributed by atoms with E-state index in [4.69, 9.17) is 5.11 Å². The highest BCUT2D eigenvalue weighted by molar-refractivity contribution is 6.31. The Morgan fingerprint density at radius 1 is 1.16 bits per heavy atom. The largest absolute Gasteiger partial charge is 0.476 e. The van der Waals surface area contributed by atoms with Gasteiger partial charge in [0.25, 0.3) is 0 Å². The first-order valence-electron chi connectivity index (χ1n) is 5.70. The zero-order valence-electron chi connectivity index (χ0n) is 10.8. The van der Waals surface area contributed by atoms with E-state index in [9.17, 15) is 14.4 Å². The van der Waals surface area contributed by atoms with E-state index in [0.717, 1.165) is 18.1 Å². The molecule has 0 saturated carbocycles. The predicted octanol–water partition coefficient (Wildman–Crippen LogP) is 1.96. The fourth-order valence-corrected chi connectivity index (χ4v) is 1.50. The molecule has 0 unspecified atom stereocenters. The molecule has 0 atom stereocenters. The smallest absolute Gasteiger partial charge is 0.371 e. The van der Waals surface area contributed by atoms with E-state index in [1.165, 1.54) is 5.39 Å². The van der Waals surface area contributed by atoms with E-state index in [1.54, 1.807) is 6.92 Å². The summed E-state index contributed by atoms with van der Waals surface area (Å²) < 4.78 is 0. The molecule has 1 heterocycles. The number of hydrogen-bond donors (Lipinski definition) is 2. The Labute approximate surface area is 110 Å². The van der Waals surface area contributed by atoms with Crippen LogP contribution in [0.5, 0.6) is 0 Å². The number of H-pyrrole nitrogens is 1. The number of aliphatic carboxylic acids is 1. The molecule has 0 amide bonds. The summed E-state index contributed by atoms with van der Waals surface area (Å²) in [4.78, 5) is 33.0. The summed E-state index contributed by atoms with van der Waals surface area (Å²) in [5, 5.41) is 8.81. The lowest BCUT2D eigenvalue weighted by molar-refractivity contribution is -0.148. The summed E-state index contributed by atoms with van der Waals surface area (Å²) in [6, 6.07) is 10.1. The molecule has 0 bridgehead atoms. The number of aromatic amines is 1. The van der Waals surface area contributed by atoms with Crippen molar-refractivity contribution in [2.24, 2.45) is 0 Å². The summed E-state index contributed by atoms with van der Waals surface area (Å²) in [6.45, 7) is 2.60. The molecule has 100 valence electrons. The van der Waals surface area contributed by atoms with Crippen LogP contribution in [0.2, 0.25) is 0 Å². The van der Waals surface area contributed by atoms with Crippen molar-refractivity contribution >= 4 is 28.4 Å². The van der Waals surface area contributed by atoms with Crippen LogP contribution in [0.15, 0.2) is 30.3 Å². The number of Topliss-reactive ketones (excluding diaryl/α,β-unsaturated/α-hetero) is 2. The molecular formula is C14H15NO4. The molecular weight excluding hydrogens is 246 g/mol.